The van der Waals surface area contributed by atoms with Crippen molar-refractivity contribution in [3.8, 4) is 5.75 Å². The van der Waals surface area contributed by atoms with Gasteiger partial charge in [-0.3, -0.25) is 0 Å². The molecule has 1 nitrogen and oxygen atoms in total. The van der Waals surface area contributed by atoms with Crippen molar-refractivity contribution in [2.45, 2.75) is 38.7 Å². The van der Waals surface area contributed by atoms with Gasteiger partial charge in [-0.05, 0) is 28.2 Å². The average molecular weight is 252 g/mol. The summed E-state index contributed by atoms with van der Waals surface area (Å²) in [6, 6.07) is 17.1. The fourth-order valence-corrected chi connectivity index (χ4v) is 2.57. The molecule has 0 spiro atoms. The van der Waals surface area contributed by atoms with Crippen molar-refractivity contribution >= 4 is 0 Å². The van der Waals surface area contributed by atoms with E-state index in [1.54, 1.807) is 0 Å². The first-order valence-corrected chi connectivity index (χ1v) is 6.89. The Bertz CT molecular complexity index is 578. The lowest BCUT2D eigenvalue weighted by Gasteiger charge is -2.19. The standard InChI is InChI=1S/C18H20O/c1-18(2,3)15-9-10-16-14(11-15)12-17(19-16)13-7-5-4-6-8-13/h4-11,17H,12H2,1-3H3. The van der Waals surface area contributed by atoms with E-state index in [0.717, 1.165) is 12.2 Å². The van der Waals surface area contributed by atoms with Gasteiger partial charge in [0.1, 0.15) is 11.9 Å². The molecule has 2 aromatic carbocycles. The Morgan fingerprint density at radius 1 is 1.00 bits per heavy atom. The van der Waals surface area contributed by atoms with Crippen molar-refractivity contribution < 1.29 is 4.74 Å². The van der Waals surface area contributed by atoms with Gasteiger partial charge in [0, 0.05) is 6.42 Å². The van der Waals surface area contributed by atoms with E-state index < -0.39 is 0 Å². The Morgan fingerprint density at radius 3 is 2.42 bits per heavy atom. The molecule has 98 valence electrons. The summed E-state index contributed by atoms with van der Waals surface area (Å²) in [4.78, 5) is 0. The lowest BCUT2D eigenvalue weighted by Crippen LogP contribution is -2.10. The Kier molecular flexibility index (Phi) is 2.85. The maximum Gasteiger partial charge on any atom is 0.128 e. The summed E-state index contributed by atoms with van der Waals surface area (Å²) >= 11 is 0. The van der Waals surface area contributed by atoms with Crippen molar-refractivity contribution in [3.05, 3.63) is 65.2 Å². The summed E-state index contributed by atoms with van der Waals surface area (Å²) in [5.74, 6) is 1.04. The molecule has 0 aliphatic carbocycles. The highest BCUT2D eigenvalue weighted by molar-refractivity contribution is 5.44. The van der Waals surface area contributed by atoms with E-state index in [4.69, 9.17) is 4.74 Å². The molecule has 0 saturated heterocycles. The monoisotopic (exact) mass is 252 g/mol. The second kappa shape index (κ2) is 4.41. The van der Waals surface area contributed by atoms with Crippen LogP contribution in [0.5, 0.6) is 5.75 Å². The van der Waals surface area contributed by atoms with Crippen LogP contribution in [-0.4, -0.2) is 0 Å². The molecule has 0 bridgehead atoms. The lowest BCUT2D eigenvalue weighted by atomic mass is 9.85. The average Bonchev–Trinajstić information content (AvgIpc) is 2.81. The first-order chi connectivity index (χ1) is 9.04. The van der Waals surface area contributed by atoms with Crippen LogP contribution in [0.4, 0.5) is 0 Å². The molecular weight excluding hydrogens is 232 g/mol. The minimum atomic E-state index is 0.173. The third-order valence-electron chi connectivity index (χ3n) is 3.77. The van der Waals surface area contributed by atoms with Crippen LogP contribution in [-0.2, 0) is 11.8 Å². The molecule has 0 saturated carbocycles. The second-order valence-corrected chi connectivity index (χ2v) is 6.29. The number of fused-ring (bicyclic) bond motifs is 1. The number of benzene rings is 2. The highest BCUT2D eigenvalue weighted by atomic mass is 16.5. The molecule has 1 unspecified atom stereocenters. The van der Waals surface area contributed by atoms with Crippen LogP contribution in [0.1, 0.15) is 43.6 Å². The molecule has 19 heavy (non-hydrogen) atoms. The van der Waals surface area contributed by atoms with Crippen molar-refractivity contribution in [1.82, 2.24) is 0 Å². The summed E-state index contributed by atoms with van der Waals surface area (Å²) in [5.41, 5.74) is 4.17. The van der Waals surface area contributed by atoms with Crippen LogP contribution in [0, 0.1) is 0 Å². The number of hydrogen-bond donors (Lipinski definition) is 0. The Morgan fingerprint density at radius 2 is 1.74 bits per heavy atom. The topological polar surface area (TPSA) is 9.23 Å². The van der Waals surface area contributed by atoms with E-state index in [0.29, 0.717) is 0 Å². The molecule has 0 amide bonds. The minimum Gasteiger partial charge on any atom is -0.485 e. The van der Waals surface area contributed by atoms with Gasteiger partial charge in [-0.15, -0.1) is 0 Å². The van der Waals surface area contributed by atoms with E-state index >= 15 is 0 Å². The first-order valence-electron chi connectivity index (χ1n) is 6.89. The van der Waals surface area contributed by atoms with Crippen molar-refractivity contribution in [3.63, 3.8) is 0 Å². The van der Waals surface area contributed by atoms with Crippen LogP contribution in [0.2, 0.25) is 0 Å². The quantitative estimate of drug-likeness (QED) is 0.717. The van der Waals surface area contributed by atoms with Crippen LogP contribution >= 0.6 is 0 Å². The zero-order valence-electron chi connectivity index (χ0n) is 11.8. The summed E-state index contributed by atoms with van der Waals surface area (Å²) in [6.45, 7) is 6.75. The van der Waals surface area contributed by atoms with Gasteiger partial charge in [-0.2, -0.15) is 0 Å². The van der Waals surface area contributed by atoms with Gasteiger partial charge in [0.15, 0.2) is 0 Å². The molecule has 0 fully saturated rings. The molecule has 1 aliphatic rings. The minimum absolute atomic E-state index is 0.173. The predicted molar refractivity (Wildman–Crippen MR) is 78.7 cm³/mol. The molecule has 0 N–H and O–H groups in total. The van der Waals surface area contributed by atoms with Crippen LogP contribution < -0.4 is 4.74 Å². The molecule has 2 aromatic rings. The molecule has 0 aromatic heterocycles. The van der Waals surface area contributed by atoms with Crippen LogP contribution in [0.15, 0.2) is 48.5 Å². The van der Waals surface area contributed by atoms with Gasteiger partial charge in [0.2, 0.25) is 0 Å². The molecule has 1 aliphatic heterocycles. The highest BCUT2D eigenvalue weighted by Crippen LogP contribution is 2.38. The first kappa shape index (κ1) is 12.3. The summed E-state index contributed by atoms with van der Waals surface area (Å²) in [7, 11) is 0. The van der Waals surface area contributed by atoms with E-state index in [1.807, 2.05) is 6.07 Å². The number of ether oxygens (including phenoxy) is 1. The van der Waals surface area contributed by atoms with E-state index in [2.05, 4.69) is 63.2 Å². The highest BCUT2D eigenvalue weighted by Gasteiger charge is 2.25. The SMILES string of the molecule is CC(C)(C)c1ccc2c(c1)CC(c1ccccc1)O2. The molecule has 1 heteroatoms. The van der Waals surface area contributed by atoms with Gasteiger partial charge >= 0.3 is 0 Å². The van der Waals surface area contributed by atoms with Gasteiger partial charge in [0.05, 0.1) is 0 Å². The second-order valence-electron chi connectivity index (χ2n) is 6.29. The van der Waals surface area contributed by atoms with Crippen molar-refractivity contribution in [2.24, 2.45) is 0 Å². The smallest absolute Gasteiger partial charge is 0.128 e. The Hall–Kier alpha value is -1.76. The van der Waals surface area contributed by atoms with Crippen molar-refractivity contribution in [2.75, 3.05) is 0 Å². The van der Waals surface area contributed by atoms with Crippen LogP contribution in [0.3, 0.4) is 0 Å². The summed E-state index contributed by atoms with van der Waals surface area (Å²) in [5, 5.41) is 0. The van der Waals surface area contributed by atoms with Gasteiger partial charge in [0.25, 0.3) is 0 Å². The lowest BCUT2D eigenvalue weighted by molar-refractivity contribution is 0.238. The third-order valence-corrected chi connectivity index (χ3v) is 3.77. The molecule has 0 radical (unpaired) electrons. The predicted octanol–water partition coefficient (Wildman–Crippen LogP) is 4.66. The number of hydrogen-bond acceptors (Lipinski definition) is 1. The fraction of sp³-hybridized carbons (Fsp3) is 0.333. The van der Waals surface area contributed by atoms with E-state index in [9.17, 15) is 0 Å². The zero-order valence-corrected chi connectivity index (χ0v) is 11.8. The van der Waals surface area contributed by atoms with Crippen molar-refractivity contribution in [1.29, 1.82) is 0 Å². The van der Waals surface area contributed by atoms with Gasteiger partial charge < -0.3 is 4.74 Å². The third kappa shape index (κ3) is 2.37. The zero-order chi connectivity index (χ0) is 13.5. The normalized spacial score (nSPS) is 17.9. The van der Waals surface area contributed by atoms with Crippen LogP contribution in [0.25, 0.3) is 0 Å². The Labute approximate surface area is 115 Å². The molecular formula is C18H20O. The van der Waals surface area contributed by atoms with E-state index in [-0.39, 0.29) is 11.5 Å². The van der Waals surface area contributed by atoms with Gasteiger partial charge in [-0.1, -0.05) is 63.2 Å². The van der Waals surface area contributed by atoms with E-state index in [1.165, 1.54) is 16.7 Å². The maximum absolute atomic E-state index is 6.06. The molecule has 1 atom stereocenters. The molecule has 1 heterocycles. The van der Waals surface area contributed by atoms with Gasteiger partial charge in [-0.25, -0.2) is 0 Å². The number of rotatable bonds is 1. The largest absolute Gasteiger partial charge is 0.485 e. The summed E-state index contributed by atoms with van der Waals surface area (Å²) in [6.07, 6.45) is 1.15. The Balaban J connectivity index is 1.89. The summed E-state index contributed by atoms with van der Waals surface area (Å²) < 4.78 is 6.06. The molecule has 3 rings (SSSR count). The maximum atomic E-state index is 6.06. The fourth-order valence-electron chi connectivity index (χ4n) is 2.57.